The Morgan fingerprint density at radius 3 is 2.28 bits per heavy atom. The van der Waals surface area contributed by atoms with E-state index in [0.717, 1.165) is 36.9 Å². The van der Waals surface area contributed by atoms with E-state index in [4.69, 9.17) is 4.74 Å². The molecule has 0 amide bonds. The molecule has 0 aromatic rings. The second-order valence-electron chi connectivity index (χ2n) is 7.54. The van der Waals surface area contributed by atoms with Crippen molar-refractivity contribution in [1.82, 2.24) is 0 Å². The van der Waals surface area contributed by atoms with Crippen LogP contribution in [0.3, 0.4) is 0 Å². The van der Waals surface area contributed by atoms with E-state index >= 15 is 0 Å². The SMILES string of the molecule is CCOCC(C)(C)C(C)C1CC2CCCC(C2)C1. The molecule has 2 saturated carbocycles. The van der Waals surface area contributed by atoms with Gasteiger partial charge in [0.1, 0.15) is 0 Å². The van der Waals surface area contributed by atoms with Gasteiger partial charge in [-0.3, -0.25) is 0 Å². The fraction of sp³-hybridized carbons (Fsp3) is 1.00. The number of fused-ring (bicyclic) bond motifs is 2. The first-order valence-electron chi connectivity index (χ1n) is 8.10. The van der Waals surface area contributed by atoms with Crippen molar-refractivity contribution in [2.24, 2.45) is 29.1 Å². The highest BCUT2D eigenvalue weighted by Crippen LogP contribution is 2.48. The van der Waals surface area contributed by atoms with Crippen LogP contribution in [-0.4, -0.2) is 13.2 Å². The average Bonchev–Trinajstić information content (AvgIpc) is 2.35. The molecule has 3 atom stereocenters. The van der Waals surface area contributed by atoms with Crippen molar-refractivity contribution in [2.45, 2.75) is 66.2 Å². The minimum atomic E-state index is 0.340. The Balaban J connectivity index is 1.93. The van der Waals surface area contributed by atoms with E-state index in [1.54, 1.807) is 0 Å². The highest BCUT2D eigenvalue weighted by atomic mass is 16.5. The summed E-state index contributed by atoms with van der Waals surface area (Å²) < 4.78 is 5.70. The van der Waals surface area contributed by atoms with Gasteiger partial charge in [0, 0.05) is 6.61 Å². The van der Waals surface area contributed by atoms with Crippen LogP contribution in [-0.2, 0) is 4.74 Å². The molecule has 0 saturated heterocycles. The molecular weight excluding hydrogens is 220 g/mol. The lowest BCUT2D eigenvalue weighted by molar-refractivity contribution is -0.00483. The van der Waals surface area contributed by atoms with Crippen LogP contribution in [0.5, 0.6) is 0 Å². The maximum atomic E-state index is 5.70. The topological polar surface area (TPSA) is 9.23 Å². The van der Waals surface area contributed by atoms with Crippen LogP contribution in [0.15, 0.2) is 0 Å². The van der Waals surface area contributed by atoms with Crippen LogP contribution < -0.4 is 0 Å². The number of rotatable bonds is 5. The van der Waals surface area contributed by atoms with Crippen LogP contribution >= 0.6 is 0 Å². The highest BCUT2D eigenvalue weighted by molar-refractivity contribution is 4.89. The molecule has 1 heteroatoms. The van der Waals surface area contributed by atoms with Gasteiger partial charge < -0.3 is 4.74 Å². The van der Waals surface area contributed by atoms with Gasteiger partial charge in [0.15, 0.2) is 0 Å². The van der Waals surface area contributed by atoms with Crippen LogP contribution in [0.25, 0.3) is 0 Å². The first-order chi connectivity index (χ1) is 8.53. The third kappa shape index (κ3) is 3.29. The summed E-state index contributed by atoms with van der Waals surface area (Å²) in [4.78, 5) is 0. The molecule has 0 heterocycles. The van der Waals surface area contributed by atoms with Gasteiger partial charge in [-0.25, -0.2) is 0 Å². The second kappa shape index (κ2) is 5.94. The van der Waals surface area contributed by atoms with Crippen molar-refractivity contribution in [1.29, 1.82) is 0 Å². The van der Waals surface area contributed by atoms with Gasteiger partial charge >= 0.3 is 0 Å². The Kier molecular flexibility index (Phi) is 4.75. The summed E-state index contributed by atoms with van der Waals surface area (Å²) >= 11 is 0. The quantitative estimate of drug-likeness (QED) is 0.676. The van der Waals surface area contributed by atoms with E-state index in [1.165, 1.54) is 38.5 Å². The third-order valence-corrected chi connectivity index (χ3v) is 5.78. The molecule has 0 aromatic heterocycles. The first-order valence-corrected chi connectivity index (χ1v) is 8.10. The smallest absolute Gasteiger partial charge is 0.0519 e. The zero-order valence-electron chi connectivity index (χ0n) is 12.9. The Labute approximate surface area is 114 Å². The number of hydrogen-bond donors (Lipinski definition) is 0. The standard InChI is InChI=1S/C17H32O/c1-5-18-12-17(3,4)13(2)16-10-14-7-6-8-15(9-14)11-16/h13-16H,5-12H2,1-4H3. The Morgan fingerprint density at radius 2 is 1.72 bits per heavy atom. The predicted octanol–water partition coefficient (Wildman–Crippen LogP) is 4.90. The lowest BCUT2D eigenvalue weighted by Crippen LogP contribution is -2.38. The van der Waals surface area contributed by atoms with Gasteiger partial charge in [-0.15, -0.1) is 0 Å². The summed E-state index contributed by atoms with van der Waals surface area (Å²) in [5, 5.41) is 0. The molecule has 3 unspecified atom stereocenters. The van der Waals surface area contributed by atoms with Crippen molar-refractivity contribution >= 4 is 0 Å². The lowest BCUT2D eigenvalue weighted by atomic mass is 9.61. The van der Waals surface area contributed by atoms with E-state index in [-0.39, 0.29) is 0 Å². The van der Waals surface area contributed by atoms with Crippen molar-refractivity contribution < 1.29 is 4.74 Å². The first kappa shape index (κ1) is 14.4. The molecule has 2 rings (SSSR count). The third-order valence-electron chi connectivity index (χ3n) is 5.78. The van der Waals surface area contributed by atoms with E-state index in [9.17, 15) is 0 Å². The molecule has 18 heavy (non-hydrogen) atoms. The maximum absolute atomic E-state index is 5.70. The number of ether oxygens (including phenoxy) is 1. The van der Waals surface area contributed by atoms with Gasteiger partial charge in [0.25, 0.3) is 0 Å². The molecule has 0 spiro atoms. The zero-order valence-corrected chi connectivity index (χ0v) is 12.9. The largest absolute Gasteiger partial charge is 0.381 e. The zero-order chi connectivity index (χ0) is 13.2. The van der Waals surface area contributed by atoms with E-state index in [1.807, 2.05) is 0 Å². The second-order valence-corrected chi connectivity index (χ2v) is 7.54. The van der Waals surface area contributed by atoms with E-state index in [2.05, 4.69) is 27.7 Å². The Bertz CT molecular complexity index is 246. The molecule has 2 bridgehead atoms. The summed E-state index contributed by atoms with van der Waals surface area (Å²) in [7, 11) is 0. The van der Waals surface area contributed by atoms with Gasteiger partial charge in [0.2, 0.25) is 0 Å². The molecular formula is C17H32O. The monoisotopic (exact) mass is 252 g/mol. The van der Waals surface area contributed by atoms with Crippen LogP contribution in [0.4, 0.5) is 0 Å². The van der Waals surface area contributed by atoms with Crippen molar-refractivity contribution in [3.05, 3.63) is 0 Å². The van der Waals surface area contributed by atoms with Crippen molar-refractivity contribution in [3.63, 3.8) is 0 Å². The van der Waals surface area contributed by atoms with E-state index < -0.39 is 0 Å². The molecule has 0 N–H and O–H groups in total. The highest BCUT2D eigenvalue weighted by Gasteiger charge is 2.39. The van der Waals surface area contributed by atoms with Crippen LogP contribution in [0.2, 0.25) is 0 Å². The van der Waals surface area contributed by atoms with Gasteiger partial charge in [-0.2, -0.15) is 0 Å². The van der Waals surface area contributed by atoms with E-state index in [0.29, 0.717) is 5.41 Å². The summed E-state index contributed by atoms with van der Waals surface area (Å²) in [6, 6.07) is 0. The molecule has 106 valence electrons. The molecule has 2 aliphatic rings. The molecule has 0 radical (unpaired) electrons. The Morgan fingerprint density at radius 1 is 1.11 bits per heavy atom. The van der Waals surface area contributed by atoms with Gasteiger partial charge in [-0.05, 0) is 55.3 Å². The maximum Gasteiger partial charge on any atom is 0.0519 e. The molecule has 2 aliphatic carbocycles. The fourth-order valence-electron chi connectivity index (χ4n) is 4.33. The minimum absolute atomic E-state index is 0.340. The summed E-state index contributed by atoms with van der Waals surface area (Å²) in [5.74, 6) is 3.85. The predicted molar refractivity (Wildman–Crippen MR) is 77.6 cm³/mol. The fourth-order valence-corrected chi connectivity index (χ4v) is 4.33. The van der Waals surface area contributed by atoms with Crippen LogP contribution in [0.1, 0.15) is 66.2 Å². The molecule has 0 aliphatic heterocycles. The van der Waals surface area contributed by atoms with Gasteiger partial charge in [0.05, 0.1) is 6.61 Å². The summed E-state index contributed by atoms with van der Waals surface area (Å²) in [5.41, 5.74) is 0.340. The number of hydrogen-bond acceptors (Lipinski definition) is 1. The normalized spacial score (nSPS) is 34.3. The minimum Gasteiger partial charge on any atom is -0.381 e. The Hall–Kier alpha value is -0.0400. The summed E-state index contributed by atoms with van der Waals surface area (Å²) in [6.07, 6.45) is 9.03. The van der Waals surface area contributed by atoms with Crippen LogP contribution in [0, 0.1) is 29.1 Å². The molecule has 1 nitrogen and oxygen atoms in total. The van der Waals surface area contributed by atoms with Crippen molar-refractivity contribution in [2.75, 3.05) is 13.2 Å². The molecule has 2 fully saturated rings. The molecule has 0 aromatic carbocycles. The van der Waals surface area contributed by atoms with Crippen molar-refractivity contribution in [3.8, 4) is 0 Å². The van der Waals surface area contributed by atoms with Gasteiger partial charge in [-0.1, -0.05) is 40.0 Å². The summed E-state index contributed by atoms with van der Waals surface area (Å²) in [6.45, 7) is 11.2. The average molecular weight is 252 g/mol. The lowest BCUT2D eigenvalue weighted by Gasteiger charge is -2.45.